The molecule has 4 N–H and O–H groups in total. The molecular formula is C28H36Cl2N4O5. The van der Waals surface area contributed by atoms with Crippen LogP contribution in [0.4, 0.5) is 5.69 Å². The molecule has 2 aliphatic rings. The van der Waals surface area contributed by atoms with Crippen molar-refractivity contribution in [1.29, 1.82) is 0 Å². The van der Waals surface area contributed by atoms with E-state index in [1.807, 2.05) is 17.0 Å². The van der Waals surface area contributed by atoms with E-state index >= 15 is 0 Å². The van der Waals surface area contributed by atoms with E-state index in [0.717, 1.165) is 37.5 Å². The minimum Gasteiger partial charge on any atom is -0.478 e. The van der Waals surface area contributed by atoms with Gasteiger partial charge < -0.3 is 30.5 Å². The van der Waals surface area contributed by atoms with Crippen molar-refractivity contribution < 1.29 is 24.5 Å². The van der Waals surface area contributed by atoms with E-state index in [1.54, 1.807) is 6.07 Å². The van der Waals surface area contributed by atoms with Gasteiger partial charge in [0.25, 0.3) is 5.91 Å². The second kappa shape index (κ2) is 12.3. The SMILES string of the molecule is CNC(=O)c1cc(Cl)c(OC(C)(C)C(=O)O)cc1N1C[C@@H](O)[C@H](NC2CCN(Cc3ccc(Cl)cc3)CC2)C1. The molecule has 2 atom stereocenters. The van der Waals surface area contributed by atoms with Gasteiger partial charge >= 0.3 is 5.97 Å². The molecule has 39 heavy (non-hydrogen) atoms. The third-order valence-electron chi connectivity index (χ3n) is 7.39. The van der Waals surface area contributed by atoms with Crippen LogP contribution in [0.15, 0.2) is 36.4 Å². The molecule has 0 saturated carbocycles. The molecule has 2 aliphatic heterocycles. The first kappa shape index (κ1) is 29.4. The van der Waals surface area contributed by atoms with E-state index in [1.165, 1.54) is 32.5 Å². The van der Waals surface area contributed by atoms with E-state index in [-0.39, 0.29) is 28.8 Å². The fraction of sp³-hybridized carbons (Fsp3) is 0.500. The molecule has 2 aromatic carbocycles. The number of carbonyl (C=O) groups is 2. The number of ether oxygens (including phenoxy) is 1. The number of carbonyl (C=O) groups excluding carboxylic acids is 1. The van der Waals surface area contributed by atoms with Gasteiger partial charge in [-0.3, -0.25) is 9.69 Å². The van der Waals surface area contributed by atoms with Crippen LogP contribution in [0.1, 0.15) is 42.6 Å². The van der Waals surface area contributed by atoms with Crippen LogP contribution in [-0.4, -0.2) is 84.0 Å². The van der Waals surface area contributed by atoms with Crippen LogP contribution < -0.4 is 20.3 Å². The van der Waals surface area contributed by atoms with Crippen LogP contribution in [0, 0.1) is 0 Å². The molecule has 0 spiro atoms. The highest BCUT2D eigenvalue weighted by Gasteiger charge is 2.36. The Labute approximate surface area is 239 Å². The number of aliphatic hydroxyl groups is 1. The Morgan fingerprint density at radius 2 is 1.77 bits per heavy atom. The number of nitrogens with one attached hydrogen (secondary N) is 2. The van der Waals surface area contributed by atoms with Crippen LogP contribution in [-0.2, 0) is 11.3 Å². The molecule has 0 unspecified atom stereocenters. The number of rotatable bonds is 9. The lowest BCUT2D eigenvalue weighted by Crippen LogP contribution is -2.49. The van der Waals surface area contributed by atoms with E-state index in [2.05, 4.69) is 27.7 Å². The Balaban J connectivity index is 1.42. The molecule has 0 bridgehead atoms. The van der Waals surface area contributed by atoms with Crippen molar-refractivity contribution in [2.45, 2.75) is 57.0 Å². The van der Waals surface area contributed by atoms with Crippen LogP contribution in [0.2, 0.25) is 10.0 Å². The summed E-state index contributed by atoms with van der Waals surface area (Å²) in [5.41, 5.74) is 0.562. The van der Waals surface area contributed by atoms with Gasteiger partial charge in [0, 0.05) is 43.8 Å². The lowest BCUT2D eigenvalue weighted by molar-refractivity contribution is -0.152. The molecule has 4 rings (SSSR count). The Bertz CT molecular complexity index is 1190. The molecule has 2 saturated heterocycles. The van der Waals surface area contributed by atoms with Crippen LogP contribution in [0.25, 0.3) is 0 Å². The maximum absolute atomic E-state index is 12.7. The molecule has 1 amide bonds. The second-order valence-corrected chi connectivity index (χ2v) is 11.6. The average molecular weight is 580 g/mol. The number of amides is 1. The number of halogens is 2. The number of hydrogen-bond acceptors (Lipinski definition) is 7. The minimum atomic E-state index is -1.52. The highest BCUT2D eigenvalue weighted by atomic mass is 35.5. The quantitative estimate of drug-likeness (QED) is 0.358. The number of aliphatic hydroxyl groups excluding tert-OH is 1. The molecule has 212 valence electrons. The smallest absolute Gasteiger partial charge is 0.347 e. The summed E-state index contributed by atoms with van der Waals surface area (Å²) in [6, 6.07) is 11.1. The molecular weight excluding hydrogens is 543 g/mol. The van der Waals surface area contributed by atoms with Crippen LogP contribution >= 0.6 is 23.2 Å². The monoisotopic (exact) mass is 578 g/mol. The lowest BCUT2D eigenvalue weighted by Gasteiger charge is -2.34. The van der Waals surface area contributed by atoms with Gasteiger partial charge in [-0.2, -0.15) is 0 Å². The van der Waals surface area contributed by atoms with Crippen molar-refractivity contribution >= 4 is 40.8 Å². The fourth-order valence-electron chi connectivity index (χ4n) is 5.07. The summed E-state index contributed by atoms with van der Waals surface area (Å²) < 4.78 is 5.72. The zero-order valence-corrected chi connectivity index (χ0v) is 23.9. The van der Waals surface area contributed by atoms with Gasteiger partial charge in [0.1, 0.15) is 5.75 Å². The number of anilines is 1. The van der Waals surface area contributed by atoms with Crippen LogP contribution in [0.3, 0.4) is 0 Å². The third-order valence-corrected chi connectivity index (χ3v) is 7.94. The zero-order valence-electron chi connectivity index (χ0n) is 22.4. The number of aliphatic carboxylic acids is 1. The summed E-state index contributed by atoms with van der Waals surface area (Å²) in [5, 5.41) is 27.5. The molecule has 9 nitrogen and oxygen atoms in total. The first-order valence-electron chi connectivity index (χ1n) is 13.1. The lowest BCUT2D eigenvalue weighted by atomic mass is 10.0. The van der Waals surface area contributed by atoms with Gasteiger partial charge in [-0.25, -0.2) is 4.79 Å². The molecule has 0 aliphatic carbocycles. The van der Waals surface area contributed by atoms with E-state index in [9.17, 15) is 19.8 Å². The van der Waals surface area contributed by atoms with Crippen molar-refractivity contribution in [2.75, 3.05) is 38.1 Å². The Hall–Kier alpha value is -2.56. The van der Waals surface area contributed by atoms with Gasteiger partial charge in [0.2, 0.25) is 0 Å². The molecule has 11 heteroatoms. The maximum atomic E-state index is 12.7. The summed E-state index contributed by atoms with van der Waals surface area (Å²) in [6.45, 7) is 6.41. The van der Waals surface area contributed by atoms with Crippen molar-refractivity contribution in [3.63, 3.8) is 0 Å². The first-order valence-corrected chi connectivity index (χ1v) is 13.9. The molecule has 0 radical (unpaired) electrons. The number of carboxylic acids is 1. The second-order valence-electron chi connectivity index (χ2n) is 10.7. The number of nitrogens with zero attached hydrogens (tertiary/aromatic N) is 2. The largest absolute Gasteiger partial charge is 0.478 e. The topological polar surface area (TPSA) is 114 Å². The number of β-amino-alcohol motifs (C(OH)–C–C–N with tert-alkyl or cyclic N) is 1. The van der Waals surface area contributed by atoms with Gasteiger partial charge in [-0.1, -0.05) is 35.3 Å². The molecule has 2 aromatic rings. The summed E-state index contributed by atoms with van der Waals surface area (Å²) in [4.78, 5) is 28.6. The summed E-state index contributed by atoms with van der Waals surface area (Å²) in [6.07, 6.45) is 1.28. The molecule has 0 aromatic heterocycles. The number of carboxylic acid groups (broad SMARTS) is 1. The van der Waals surface area contributed by atoms with Gasteiger partial charge in [-0.15, -0.1) is 0 Å². The van der Waals surface area contributed by atoms with Crippen molar-refractivity contribution in [3.05, 3.63) is 57.6 Å². The number of hydrogen-bond donors (Lipinski definition) is 4. The Morgan fingerprint density at radius 3 is 2.38 bits per heavy atom. The molecule has 2 fully saturated rings. The number of benzene rings is 2. The minimum absolute atomic E-state index is 0.131. The fourth-order valence-corrected chi connectivity index (χ4v) is 5.40. The van der Waals surface area contributed by atoms with E-state index < -0.39 is 17.7 Å². The van der Waals surface area contributed by atoms with E-state index in [4.69, 9.17) is 27.9 Å². The predicted octanol–water partition coefficient (Wildman–Crippen LogP) is 3.40. The Kier molecular flexibility index (Phi) is 9.29. The normalized spacial score (nSPS) is 20.7. The first-order chi connectivity index (χ1) is 18.5. The van der Waals surface area contributed by atoms with Gasteiger partial charge in [-0.05, 0) is 63.5 Å². The predicted molar refractivity (Wildman–Crippen MR) is 152 cm³/mol. The summed E-state index contributed by atoms with van der Waals surface area (Å²) in [7, 11) is 1.53. The number of likely N-dealkylation sites (tertiary alicyclic amines) is 1. The third kappa shape index (κ3) is 7.15. The highest BCUT2D eigenvalue weighted by molar-refractivity contribution is 6.32. The summed E-state index contributed by atoms with van der Waals surface area (Å²) >= 11 is 12.4. The van der Waals surface area contributed by atoms with Gasteiger partial charge in [0.15, 0.2) is 5.60 Å². The van der Waals surface area contributed by atoms with Crippen molar-refractivity contribution in [1.82, 2.24) is 15.5 Å². The zero-order chi connectivity index (χ0) is 28.3. The standard InChI is InChI=1S/C28H36Cl2N4O5/c1-28(2,27(37)38)39-25-13-23(20(12-21(25)30)26(36)31-3)34-15-22(24(35)16-34)32-19-8-10-33(11-9-19)14-17-4-6-18(29)7-5-17/h4-7,12-13,19,22,24,32,35H,8-11,14-16H2,1-3H3,(H,31,36)(H,37,38)/t22-,24-/m1/s1. The summed E-state index contributed by atoms with van der Waals surface area (Å²) in [5.74, 6) is -1.32. The Morgan fingerprint density at radius 1 is 1.10 bits per heavy atom. The molecule has 2 heterocycles. The van der Waals surface area contributed by atoms with Crippen molar-refractivity contribution in [2.24, 2.45) is 0 Å². The number of piperidine rings is 1. The maximum Gasteiger partial charge on any atom is 0.347 e. The average Bonchev–Trinajstić information content (AvgIpc) is 3.26. The van der Waals surface area contributed by atoms with Crippen LogP contribution in [0.5, 0.6) is 5.75 Å². The van der Waals surface area contributed by atoms with E-state index in [0.29, 0.717) is 24.3 Å². The van der Waals surface area contributed by atoms with Gasteiger partial charge in [0.05, 0.1) is 28.4 Å². The highest BCUT2D eigenvalue weighted by Crippen LogP contribution is 2.37. The van der Waals surface area contributed by atoms with Crippen molar-refractivity contribution in [3.8, 4) is 5.75 Å².